The van der Waals surface area contributed by atoms with Gasteiger partial charge in [-0.2, -0.15) is 0 Å². The Kier molecular flexibility index (Phi) is 7.62. The Labute approximate surface area is 145 Å². The van der Waals surface area contributed by atoms with E-state index < -0.39 is 0 Å². The summed E-state index contributed by atoms with van der Waals surface area (Å²) < 4.78 is 10.6. The van der Waals surface area contributed by atoms with E-state index >= 15 is 0 Å². The minimum atomic E-state index is 0.747. The first kappa shape index (κ1) is 18.3. The predicted molar refractivity (Wildman–Crippen MR) is 98.6 cm³/mol. The van der Waals surface area contributed by atoms with Gasteiger partial charge in [0.1, 0.15) is 5.75 Å². The summed E-state index contributed by atoms with van der Waals surface area (Å²) in [5.74, 6) is 1.83. The normalized spacial score (nSPS) is 15.0. The zero-order chi connectivity index (χ0) is 17.2. The van der Waals surface area contributed by atoms with Crippen molar-refractivity contribution in [1.82, 2.24) is 10.2 Å². The minimum Gasteiger partial charge on any atom is -0.497 e. The molecule has 2 rings (SSSR count). The van der Waals surface area contributed by atoms with Crippen LogP contribution in [0.4, 0.5) is 0 Å². The maximum absolute atomic E-state index is 5.35. The van der Waals surface area contributed by atoms with Crippen LogP contribution in [0.1, 0.15) is 25.3 Å². The summed E-state index contributed by atoms with van der Waals surface area (Å²) >= 11 is 0. The molecule has 0 radical (unpaired) electrons. The monoisotopic (exact) mass is 331 g/mol. The molecular formula is C19H29N3O2. The van der Waals surface area contributed by atoms with Crippen molar-refractivity contribution in [2.75, 3.05) is 40.5 Å². The first-order valence-corrected chi connectivity index (χ1v) is 8.61. The van der Waals surface area contributed by atoms with Crippen LogP contribution in [0.2, 0.25) is 0 Å². The van der Waals surface area contributed by atoms with E-state index in [0.717, 1.165) is 57.4 Å². The van der Waals surface area contributed by atoms with Crippen molar-refractivity contribution in [2.24, 2.45) is 4.99 Å². The van der Waals surface area contributed by atoms with E-state index in [4.69, 9.17) is 14.5 Å². The van der Waals surface area contributed by atoms with E-state index in [0.29, 0.717) is 0 Å². The van der Waals surface area contributed by atoms with Gasteiger partial charge in [-0.15, -0.1) is 0 Å². The highest BCUT2D eigenvalue weighted by Crippen LogP contribution is 2.13. The Hall–Kier alpha value is -2.01. The summed E-state index contributed by atoms with van der Waals surface area (Å²) in [6.45, 7) is 6.16. The van der Waals surface area contributed by atoms with E-state index in [9.17, 15) is 0 Å². The van der Waals surface area contributed by atoms with Crippen LogP contribution in [0.3, 0.4) is 0 Å². The fourth-order valence-electron chi connectivity index (χ4n) is 2.65. The molecule has 0 spiro atoms. The number of aliphatic imine (C=N–C) groups is 1. The van der Waals surface area contributed by atoms with Gasteiger partial charge in [0.25, 0.3) is 0 Å². The molecule has 1 N–H and O–H groups in total. The van der Waals surface area contributed by atoms with Crippen molar-refractivity contribution in [3.63, 3.8) is 0 Å². The number of rotatable bonds is 7. The van der Waals surface area contributed by atoms with Gasteiger partial charge in [0.2, 0.25) is 0 Å². The van der Waals surface area contributed by atoms with E-state index in [2.05, 4.69) is 42.4 Å². The van der Waals surface area contributed by atoms with Crippen molar-refractivity contribution in [3.05, 3.63) is 41.5 Å². The second-order valence-corrected chi connectivity index (χ2v) is 5.88. The lowest BCUT2D eigenvalue weighted by molar-refractivity contribution is 0.153. The van der Waals surface area contributed by atoms with Crippen LogP contribution in [0.5, 0.6) is 5.75 Å². The maximum atomic E-state index is 5.35. The predicted octanol–water partition coefficient (Wildman–Crippen LogP) is 2.83. The Morgan fingerprint density at radius 3 is 2.75 bits per heavy atom. The molecule has 0 saturated heterocycles. The second-order valence-electron chi connectivity index (χ2n) is 5.88. The topological polar surface area (TPSA) is 46.1 Å². The standard InChI is InChI=1S/C19H29N3O2/c1-4-20-19(21-12-9-16-10-13-24-14-11-16)22(2)15-17-5-7-18(23-3)8-6-17/h5-8,10H,4,9,11-15H2,1-3H3,(H,20,21). The molecule has 1 aliphatic rings. The number of hydrogen-bond acceptors (Lipinski definition) is 3. The number of nitrogens with one attached hydrogen (secondary N) is 1. The lowest BCUT2D eigenvalue weighted by Crippen LogP contribution is -2.38. The molecule has 0 aromatic heterocycles. The van der Waals surface area contributed by atoms with Crippen LogP contribution in [0.25, 0.3) is 0 Å². The summed E-state index contributed by atoms with van der Waals surface area (Å²) in [7, 11) is 3.75. The molecule has 0 saturated carbocycles. The van der Waals surface area contributed by atoms with Crippen LogP contribution in [-0.2, 0) is 11.3 Å². The summed E-state index contributed by atoms with van der Waals surface area (Å²) in [6.07, 6.45) is 4.23. The lowest BCUT2D eigenvalue weighted by atomic mass is 10.1. The highest BCUT2D eigenvalue weighted by atomic mass is 16.5. The smallest absolute Gasteiger partial charge is 0.193 e. The van der Waals surface area contributed by atoms with Crippen LogP contribution in [0, 0.1) is 0 Å². The second kappa shape index (κ2) is 9.98. The summed E-state index contributed by atoms with van der Waals surface area (Å²) in [4.78, 5) is 6.92. The molecule has 0 aliphatic carbocycles. The zero-order valence-corrected chi connectivity index (χ0v) is 15.0. The van der Waals surface area contributed by atoms with Gasteiger partial charge in [0, 0.05) is 26.7 Å². The van der Waals surface area contributed by atoms with E-state index in [1.54, 1.807) is 7.11 Å². The van der Waals surface area contributed by atoms with Gasteiger partial charge >= 0.3 is 0 Å². The number of ether oxygens (including phenoxy) is 2. The third-order valence-corrected chi connectivity index (χ3v) is 4.03. The van der Waals surface area contributed by atoms with Gasteiger partial charge < -0.3 is 19.7 Å². The zero-order valence-electron chi connectivity index (χ0n) is 15.0. The molecule has 1 heterocycles. The van der Waals surface area contributed by atoms with Crippen molar-refractivity contribution in [3.8, 4) is 5.75 Å². The molecule has 0 amide bonds. The Bertz CT molecular complexity index is 552. The minimum absolute atomic E-state index is 0.747. The summed E-state index contributed by atoms with van der Waals surface area (Å²) in [6, 6.07) is 8.16. The molecule has 5 heteroatoms. The Balaban J connectivity index is 1.91. The number of nitrogens with zero attached hydrogens (tertiary/aromatic N) is 2. The van der Waals surface area contributed by atoms with Gasteiger partial charge in [-0.25, -0.2) is 0 Å². The molecule has 1 aromatic carbocycles. The highest BCUT2D eigenvalue weighted by molar-refractivity contribution is 5.79. The van der Waals surface area contributed by atoms with Gasteiger partial charge in [-0.3, -0.25) is 4.99 Å². The average molecular weight is 331 g/mol. The van der Waals surface area contributed by atoms with E-state index in [1.807, 2.05) is 12.1 Å². The molecule has 1 aliphatic heterocycles. The number of guanidine groups is 1. The van der Waals surface area contributed by atoms with Gasteiger partial charge in [-0.1, -0.05) is 23.8 Å². The fourth-order valence-corrected chi connectivity index (χ4v) is 2.65. The molecule has 0 fully saturated rings. The van der Waals surface area contributed by atoms with Crippen molar-refractivity contribution < 1.29 is 9.47 Å². The molecule has 0 unspecified atom stereocenters. The molecule has 0 atom stereocenters. The first-order valence-electron chi connectivity index (χ1n) is 8.61. The van der Waals surface area contributed by atoms with Gasteiger partial charge in [0.15, 0.2) is 5.96 Å². The number of methoxy groups -OCH3 is 1. The third kappa shape index (κ3) is 5.89. The van der Waals surface area contributed by atoms with Crippen LogP contribution >= 0.6 is 0 Å². The number of benzene rings is 1. The van der Waals surface area contributed by atoms with Crippen LogP contribution < -0.4 is 10.1 Å². The quantitative estimate of drug-likeness (QED) is 0.474. The lowest BCUT2D eigenvalue weighted by Gasteiger charge is -2.22. The largest absolute Gasteiger partial charge is 0.497 e. The van der Waals surface area contributed by atoms with Crippen molar-refractivity contribution in [1.29, 1.82) is 0 Å². The molecule has 132 valence electrons. The van der Waals surface area contributed by atoms with Crippen molar-refractivity contribution in [2.45, 2.75) is 26.3 Å². The molecular weight excluding hydrogens is 302 g/mol. The SMILES string of the molecule is CCNC(=NCCC1=CCOCC1)N(C)Cc1ccc(OC)cc1. The van der Waals surface area contributed by atoms with E-state index in [-0.39, 0.29) is 0 Å². The molecule has 24 heavy (non-hydrogen) atoms. The first-order chi connectivity index (χ1) is 11.7. The Morgan fingerprint density at radius 1 is 1.33 bits per heavy atom. The van der Waals surface area contributed by atoms with Crippen molar-refractivity contribution >= 4 is 5.96 Å². The molecule has 1 aromatic rings. The number of hydrogen-bond donors (Lipinski definition) is 1. The maximum Gasteiger partial charge on any atom is 0.193 e. The third-order valence-electron chi connectivity index (χ3n) is 4.03. The Morgan fingerprint density at radius 2 is 2.12 bits per heavy atom. The summed E-state index contributed by atoms with van der Waals surface area (Å²) in [5.41, 5.74) is 2.69. The van der Waals surface area contributed by atoms with Crippen LogP contribution in [-0.4, -0.2) is 51.3 Å². The van der Waals surface area contributed by atoms with Gasteiger partial charge in [0.05, 0.1) is 20.3 Å². The fraction of sp³-hybridized carbons (Fsp3) is 0.526. The average Bonchev–Trinajstić information content (AvgIpc) is 2.62. The molecule has 5 nitrogen and oxygen atoms in total. The van der Waals surface area contributed by atoms with Crippen LogP contribution in [0.15, 0.2) is 40.9 Å². The molecule has 0 bridgehead atoms. The van der Waals surface area contributed by atoms with Gasteiger partial charge in [-0.05, 0) is 37.5 Å². The highest BCUT2D eigenvalue weighted by Gasteiger charge is 2.08. The van der Waals surface area contributed by atoms with E-state index in [1.165, 1.54) is 11.1 Å². The summed E-state index contributed by atoms with van der Waals surface area (Å²) in [5, 5.41) is 3.37.